The molecule has 0 aliphatic heterocycles. The van der Waals surface area contributed by atoms with Gasteiger partial charge in [-0.05, 0) is 19.3 Å². The van der Waals surface area contributed by atoms with Gasteiger partial charge < -0.3 is 5.73 Å². The molecule has 0 heterocycles. The Morgan fingerprint density at radius 1 is 0.867 bits per heavy atom. The number of unbranched alkanes of at least 4 members (excludes halogenated alkanes) is 6. The molecule has 2 unspecified atom stereocenters. The van der Waals surface area contributed by atoms with Crippen LogP contribution in [0.2, 0.25) is 0 Å². The molecule has 0 rings (SSSR count). The zero-order valence-corrected chi connectivity index (χ0v) is 11.1. The van der Waals surface area contributed by atoms with Crippen molar-refractivity contribution in [2.24, 2.45) is 11.7 Å². The second-order valence-electron chi connectivity index (χ2n) is 4.94. The standard InChI is InChI=1S/C14H31N/c1-4-6-7-8-9-10-11-12-14(5-2)13(3)15/h13-14H,4-12,15H2,1-3H3. The molecule has 0 saturated carbocycles. The smallest absolute Gasteiger partial charge is 0.00386 e. The van der Waals surface area contributed by atoms with Gasteiger partial charge in [-0.25, -0.2) is 0 Å². The van der Waals surface area contributed by atoms with E-state index in [4.69, 9.17) is 5.73 Å². The summed E-state index contributed by atoms with van der Waals surface area (Å²) in [7, 11) is 0. The molecule has 1 heteroatoms. The zero-order chi connectivity index (χ0) is 11.5. The van der Waals surface area contributed by atoms with E-state index in [2.05, 4.69) is 20.8 Å². The van der Waals surface area contributed by atoms with E-state index in [1.165, 1.54) is 57.8 Å². The average Bonchev–Trinajstić information content (AvgIpc) is 2.21. The van der Waals surface area contributed by atoms with Crippen LogP contribution in [0.5, 0.6) is 0 Å². The minimum absolute atomic E-state index is 0.384. The van der Waals surface area contributed by atoms with Crippen molar-refractivity contribution in [1.29, 1.82) is 0 Å². The Morgan fingerprint density at radius 2 is 1.40 bits per heavy atom. The maximum absolute atomic E-state index is 5.93. The Balaban J connectivity index is 3.22. The van der Waals surface area contributed by atoms with E-state index < -0.39 is 0 Å². The molecule has 0 saturated heterocycles. The van der Waals surface area contributed by atoms with Gasteiger partial charge in [0.05, 0.1) is 0 Å². The predicted octanol–water partition coefficient (Wildman–Crippen LogP) is 4.50. The van der Waals surface area contributed by atoms with Crippen LogP contribution in [0.25, 0.3) is 0 Å². The van der Waals surface area contributed by atoms with Gasteiger partial charge in [-0.1, -0.05) is 65.2 Å². The largest absolute Gasteiger partial charge is 0.328 e. The van der Waals surface area contributed by atoms with E-state index >= 15 is 0 Å². The van der Waals surface area contributed by atoms with E-state index in [0.29, 0.717) is 6.04 Å². The summed E-state index contributed by atoms with van der Waals surface area (Å²) in [5.74, 6) is 0.751. The van der Waals surface area contributed by atoms with Crippen LogP contribution in [0.3, 0.4) is 0 Å². The summed E-state index contributed by atoms with van der Waals surface area (Å²) in [6.45, 7) is 6.68. The van der Waals surface area contributed by atoms with Crippen molar-refractivity contribution in [3.8, 4) is 0 Å². The first-order chi connectivity index (χ1) is 7.22. The van der Waals surface area contributed by atoms with Gasteiger partial charge in [-0.2, -0.15) is 0 Å². The first-order valence-electron chi connectivity index (χ1n) is 6.97. The molecule has 0 spiro atoms. The molecule has 0 aliphatic rings. The summed E-state index contributed by atoms with van der Waals surface area (Å²) < 4.78 is 0. The molecule has 0 bridgehead atoms. The second kappa shape index (κ2) is 10.5. The molecule has 2 N–H and O–H groups in total. The summed E-state index contributed by atoms with van der Waals surface area (Å²) in [5.41, 5.74) is 5.93. The molecule has 0 aromatic rings. The maximum Gasteiger partial charge on any atom is 0.00386 e. The molecule has 0 aromatic carbocycles. The van der Waals surface area contributed by atoms with Gasteiger partial charge in [0, 0.05) is 6.04 Å². The highest BCUT2D eigenvalue weighted by Crippen LogP contribution is 2.17. The second-order valence-corrected chi connectivity index (χ2v) is 4.94. The van der Waals surface area contributed by atoms with Crippen molar-refractivity contribution in [3.63, 3.8) is 0 Å². The third kappa shape index (κ3) is 8.92. The van der Waals surface area contributed by atoms with E-state index in [1.54, 1.807) is 0 Å². The molecule has 0 fully saturated rings. The van der Waals surface area contributed by atoms with Crippen molar-refractivity contribution in [1.82, 2.24) is 0 Å². The van der Waals surface area contributed by atoms with Crippen LogP contribution in [0.4, 0.5) is 0 Å². The summed E-state index contributed by atoms with van der Waals surface area (Å²) in [6, 6.07) is 0.384. The number of hydrogen-bond donors (Lipinski definition) is 1. The first-order valence-corrected chi connectivity index (χ1v) is 6.97. The van der Waals surface area contributed by atoms with E-state index in [-0.39, 0.29) is 0 Å². The van der Waals surface area contributed by atoms with Gasteiger partial charge >= 0.3 is 0 Å². The number of rotatable bonds is 10. The van der Waals surface area contributed by atoms with Crippen LogP contribution < -0.4 is 5.73 Å². The van der Waals surface area contributed by atoms with Gasteiger partial charge in [0.1, 0.15) is 0 Å². The van der Waals surface area contributed by atoms with Crippen LogP contribution >= 0.6 is 0 Å². The van der Waals surface area contributed by atoms with Crippen LogP contribution in [0, 0.1) is 5.92 Å². The lowest BCUT2D eigenvalue weighted by molar-refractivity contribution is 0.382. The zero-order valence-electron chi connectivity index (χ0n) is 11.1. The van der Waals surface area contributed by atoms with Crippen molar-refractivity contribution >= 4 is 0 Å². The highest BCUT2D eigenvalue weighted by atomic mass is 14.6. The molecule has 92 valence electrons. The first kappa shape index (κ1) is 15.0. The minimum Gasteiger partial charge on any atom is -0.328 e. The van der Waals surface area contributed by atoms with Crippen LogP contribution in [0.15, 0.2) is 0 Å². The maximum atomic E-state index is 5.93. The predicted molar refractivity (Wildman–Crippen MR) is 70.0 cm³/mol. The monoisotopic (exact) mass is 213 g/mol. The lowest BCUT2D eigenvalue weighted by atomic mass is 9.92. The van der Waals surface area contributed by atoms with Gasteiger partial charge in [0.25, 0.3) is 0 Å². The van der Waals surface area contributed by atoms with E-state index in [1.807, 2.05) is 0 Å². The third-order valence-electron chi connectivity index (χ3n) is 3.45. The Bertz CT molecular complexity index is 121. The van der Waals surface area contributed by atoms with Crippen LogP contribution in [-0.4, -0.2) is 6.04 Å². The Hall–Kier alpha value is -0.0400. The number of nitrogens with two attached hydrogens (primary N) is 1. The summed E-state index contributed by atoms with van der Waals surface area (Å²) in [5, 5.41) is 0. The fourth-order valence-corrected chi connectivity index (χ4v) is 2.20. The van der Waals surface area contributed by atoms with Crippen molar-refractivity contribution in [3.05, 3.63) is 0 Å². The minimum atomic E-state index is 0.384. The number of hydrogen-bond acceptors (Lipinski definition) is 1. The topological polar surface area (TPSA) is 26.0 Å². The molecule has 0 radical (unpaired) electrons. The molecule has 0 aromatic heterocycles. The van der Waals surface area contributed by atoms with Crippen molar-refractivity contribution in [2.45, 2.75) is 84.6 Å². The van der Waals surface area contributed by atoms with Crippen molar-refractivity contribution in [2.75, 3.05) is 0 Å². The fourth-order valence-electron chi connectivity index (χ4n) is 2.20. The SMILES string of the molecule is CCCCCCCCCC(CC)C(C)N. The molecule has 15 heavy (non-hydrogen) atoms. The summed E-state index contributed by atoms with van der Waals surface area (Å²) in [6.07, 6.45) is 12.4. The van der Waals surface area contributed by atoms with Crippen LogP contribution in [0.1, 0.15) is 78.6 Å². The quantitative estimate of drug-likeness (QED) is 0.531. The normalized spacial score (nSPS) is 15.2. The van der Waals surface area contributed by atoms with Gasteiger partial charge in [0.2, 0.25) is 0 Å². The van der Waals surface area contributed by atoms with Gasteiger partial charge in [-0.3, -0.25) is 0 Å². The Morgan fingerprint density at radius 3 is 1.87 bits per heavy atom. The summed E-state index contributed by atoms with van der Waals surface area (Å²) in [4.78, 5) is 0. The average molecular weight is 213 g/mol. The van der Waals surface area contributed by atoms with Gasteiger partial charge in [0.15, 0.2) is 0 Å². The molecular weight excluding hydrogens is 182 g/mol. The lowest BCUT2D eigenvalue weighted by Crippen LogP contribution is -2.25. The van der Waals surface area contributed by atoms with Crippen LogP contribution in [-0.2, 0) is 0 Å². The molecular formula is C14H31N. The lowest BCUT2D eigenvalue weighted by Gasteiger charge is -2.18. The Labute approximate surface area is 96.8 Å². The molecule has 2 atom stereocenters. The molecule has 1 nitrogen and oxygen atoms in total. The van der Waals surface area contributed by atoms with Gasteiger partial charge in [-0.15, -0.1) is 0 Å². The Kier molecular flexibility index (Phi) is 10.4. The van der Waals surface area contributed by atoms with E-state index in [9.17, 15) is 0 Å². The molecule has 0 amide bonds. The third-order valence-corrected chi connectivity index (χ3v) is 3.45. The fraction of sp³-hybridized carbons (Fsp3) is 1.00. The van der Waals surface area contributed by atoms with E-state index in [0.717, 1.165) is 5.92 Å². The highest BCUT2D eigenvalue weighted by Gasteiger charge is 2.10. The highest BCUT2D eigenvalue weighted by molar-refractivity contribution is 4.66. The summed E-state index contributed by atoms with van der Waals surface area (Å²) >= 11 is 0. The van der Waals surface area contributed by atoms with Crippen molar-refractivity contribution < 1.29 is 0 Å². The molecule has 0 aliphatic carbocycles.